The Morgan fingerprint density at radius 3 is 2.49 bits per heavy atom. The van der Waals surface area contributed by atoms with Crippen LogP contribution in [0, 0.1) is 5.82 Å². The molecular weight excluding hydrogens is 471 g/mol. The lowest BCUT2D eigenvalue weighted by Gasteiger charge is -2.13. The summed E-state index contributed by atoms with van der Waals surface area (Å²) in [6, 6.07) is 22.6. The van der Waals surface area contributed by atoms with Gasteiger partial charge < -0.3 is 0 Å². The number of halogens is 1. The number of amides is 1. The fourth-order valence-electron chi connectivity index (χ4n) is 3.94. The second-order valence-electron chi connectivity index (χ2n) is 8.17. The van der Waals surface area contributed by atoms with Gasteiger partial charge in [-0.25, -0.2) is 14.1 Å². The predicted molar refractivity (Wildman–Crippen MR) is 141 cm³/mol. The number of rotatable bonds is 7. The Morgan fingerprint density at radius 2 is 1.73 bits per heavy atom. The topological polar surface area (TPSA) is 93.8 Å². The maximum atomic E-state index is 13.5. The fourth-order valence-corrected chi connectivity index (χ4v) is 3.94. The van der Waals surface area contributed by atoms with Crippen LogP contribution in [0.25, 0.3) is 33.9 Å². The first-order valence-corrected chi connectivity index (χ1v) is 11.7. The maximum Gasteiger partial charge on any atom is 0.262 e. The van der Waals surface area contributed by atoms with Gasteiger partial charge in [-0.1, -0.05) is 30.3 Å². The summed E-state index contributed by atoms with van der Waals surface area (Å²) < 4.78 is 16.6. The molecule has 8 nitrogen and oxygen atoms in total. The van der Waals surface area contributed by atoms with E-state index in [1.807, 2.05) is 37.3 Å². The zero-order valence-corrected chi connectivity index (χ0v) is 19.9. The molecule has 0 aliphatic carbocycles. The van der Waals surface area contributed by atoms with Crippen LogP contribution in [0.3, 0.4) is 0 Å². The molecule has 0 aliphatic rings. The van der Waals surface area contributed by atoms with Crippen LogP contribution < -0.4 is 16.4 Å². The Labute approximate surface area is 211 Å². The first-order chi connectivity index (χ1) is 18.0. The normalized spacial score (nSPS) is 11.2. The summed E-state index contributed by atoms with van der Waals surface area (Å²) >= 11 is 0. The Kier molecular flexibility index (Phi) is 6.58. The molecule has 37 heavy (non-hydrogen) atoms. The molecule has 0 saturated heterocycles. The molecule has 184 valence electrons. The van der Waals surface area contributed by atoms with Crippen LogP contribution in [0.2, 0.25) is 0 Å². The number of nitrogens with one attached hydrogen (secondary N) is 2. The van der Waals surface area contributed by atoms with Gasteiger partial charge in [0.2, 0.25) is 5.95 Å². The van der Waals surface area contributed by atoms with E-state index in [9.17, 15) is 14.0 Å². The quantitative estimate of drug-likeness (QED) is 0.256. The molecule has 0 fully saturated rings. The first kappa shape index (κ1) is 23.7. The second-order valence-corrected chi connectivity index (χ2v) is 8.17. The third kappa shape index (κ3) is 5.01. The summed E-state index contributed by atoms with van der Waals surface area (Å²) in [4.78, 5) is 29.9. The highest BCUT2D eigenvalue weighted by atomic mass is 19.1. The number of carbonyl (C=O) groups excluding carboxylic acids is 1. The van der Waals surface area contributed by atoms with E-state index in [4.69, 9.17) is 0 Å². The number of carbonyl (C=O) groups is 1. The Morgan fingerprint density at radius 1 is 1.00 bits per heavy atom. The van der Waals surface area contributed by atoms with Crippen molar-refractivity contribution in [3.8, 4) is 16.9 Å². The number of nitrogens with zero attached hydrogens (tertiary/aromatic N) is 4. The highest BCUT2D eigenvalue weighted by Crippen LogP contribution is 2.25. The Hall–Kier alpha value is -5.05. The molecule has 0 bridgehead atoms. The van der Waals surface area contributed by atoms with E-state index in [2.05, 4.69) is 20.9 Å². The molecule has 0 aliphatic heterocycles. The van der Waals surface area contributed by atoms with Crippen molar-refractivity contribution in [2.75, 3.05) is 5.43 Å². The number of anilines is 1. The van der Waals surface area contributed by atoms with E-state index < -0.39 is 5.91 Å². The van der Waals surface area contributed by atoms with Crippen molar-refractivity contribution in [2.45, 2.75) is 13.5 Å². The van der Waals surface area contributed by atoms with Gasteiger partial charge in [-0.15, -0.1) is 0 Å². The van der Waals surface area contributed by atoms with Crippen LogP contribution in [0.1, 0.15) is 12.5 Å². The van der Waals surface area contributed by atoms with Crippen molar-refractivity contribution >= 4 is 28.8 Å². The largest absolute Gasteiger partial charge is 0.277 e. The van der Waals surface area contributed by atoms with Crippen molar-refractivity contribution in [3.63, 3.8) is 0 Å². The fraction of sp³-hybridized carbons (Fsp3) is 0.0714. The third-order valence-corrected chi connectivity index (χ3v) is 5.77. The van der Waals surface area contributed by atoms with Crippen LogP contribution in [0.15, 0.2) is 95.9 Å². The van der Waals surface area contributed by atoms with E-state index in [0.29, 0.717) is 34.3 Å². The Balaban J connectivity index is 1.40. The lowest BCUT2D eigenvalue weighted by atomic mass is 10.1. The molecule has 0 radical (unpaired) electrons. The van der Waals surface area contributed by atoms with Crippen LogP contribution in [-0.4, -0.2) is 25.2 Å². The summed E-state index contributed by atoms with van der Waals surface area (Å²) in [6.07, 6.45) is 4.77. The summed E-state index contributed by atoms with van der Waals surface area (Å²) in [7, 11) is 0. The molecule has 2 aromatic heterocycles. The van der Waals surface area contributed by atoms with Crippen molar-refractivity contribution in [3.05, 3.63) is 113 Å². The van der Waals surface area contributed by atoms with Gasteiger partial charge in [0.15, 0.2) is 0 Å². The molecule has 0 saturated carbocycles. The highest BCUT2D eigenvalue weighted by Gasteiger charge is 2.12. The van der Waals surface area contributed by atoms with Crippen molar-refractivity contribution < 1.29 is 9.18 Å². The van der Waals surface area contributed by atoms with E-state index >= 15 is 0 Å². The molecule has 2 heterocycles. The molecule has 1 amide bonds. The SMILES string of the molecule is CCn1c(NNC(=O)/C=C/c2cn(-c3ccccc3)nc2-c2ccc(F)cc2)nc2ccccc2c1=O. The van der Waals surface area contributed by atoms with Gasteiger partial charge in [0, 0.05) is 29.9 Å². The van der Waals surface area contributed by atoms with Gasteiger partial charge in [-0.2, -0.15) is 5.10 Å². The van der Waals surface area contributed by atoms with E-state index in [1.54, 1.807) is 53.4 Å². The predicted octanol–water partition coefficient (Wildman–Crippen LogP) is 4.56. The average Bonchev–Trinajstić information content (AvgIpc) is 3.36. The molecule has 5 aromatic rings. The summed E-state index contributed by atoms with van der Waals surface area (Å²) in [5.41, 5.74) is 8.47. The molecular formula is C28H23FN6O2. The van der Waals surface area contributed by atoms with Crippen molar-refractivity contribution in [2.24, 2.45) is 0 Å². The number of hydrazine groups is 1. The third-order valence-electron chi connectivity index (χ3n) is 5.77. The van der Waals surface area contributed by atoms with Gasteiger partial charge >= 0.3 is 0 Å². The minimum Gasteiger partial charge on any atom is -0.277 e. The van der Waals surface area contributed by atoms with Gasteiger partial charge in [0.1, 0.15) is 5.82 Å². The minimum absolute atomic E-state index is 0.197. The molecule has 5 rings (SSSR count). The van der Waals surface area contributed by atoms with Crippen LogP contribution >= 0.6 is 0 Å². The summed E-state index contributed by atoms with van der Waals surface area (Å²) in [5.74, 6) is -0.568. The van der Waals surface area contributed by atoms with Crippen molar-refractivity contribution in [1.29, 1.82) is 0 Å². The molecule has 2 N–H and O–H groups in total. The number of aromatic nitrogens is 4. The number of benzene rings is 3. The molecule has 0 spiro atoms. The smallest absolute Gasteiger partial charge is 0.262 e. The van der Waals surface area contributed by atoms with Gasteiger partial charge in [0.25, 0.3) is 11.5 Å². The summed E-state index contributed by atoms with van der Waals surface area (Å²) in [6.45, 7) is 2.20. The number of hydrogen-bond donors (Lipinski definition) is 2. The zero-order chi connectivity index (χ0) is 25.8. The van der Waals surface area contributed by atoms with E-state index in [-0.39, 0.29) is 17.3 Å². The maximum absolute atomic E-state index is 13.5. The molecule has 0 atom stereocenters. The molecule has 0 unspecified atom stereocenters. The van der Waals surface area contributed by atoms with Crippen molar-refractivity contribution in [1.82, 2.24) is 24.8 Å². The zero-order valence-electron chi connectivity index (χ0n) is 19.9. The molecule has 3 aromatic carbocycles. The second kappa shape index (κ2) is 10.3. The summed E-state index contributed by atoms with van der Waals surface area (Å²) in [5, 5.41) is 5.17. The van der Waals surface area contributed by atoms with Gasteiger partial charge in [0.05, 0.1) is 22.3 Å². The van der Waals surface area contributed by atoms with Crippen LogP contribution in [0.5, 0.6) is 0 Å². The van der Waals surface area contributed by atoms with Crippen LogP contribution in [-0.2, 0) is 11.3 Å². The monoisotopic (exact) mass is 494 g/mol. The Bertz CT molecular complexity index is 1660. The number of hydrogen-bond acceptors (Lipinski definition) is 5. The van der Waals surface area contributed by atoms with E-state index in [0.717, 1.165) is 5.69 Å². The average molecular weight is 495 g/mol. The lowest BCUT2D eigenvalue weighted by molar-refractivity contribution is -0.116. The highest BCUT2D eigenvalue weighted by molar-refractivity contribution is 5.93. The number of fused-ring (bicyclic) bond motifs is 1. The first-order valence-electron chi connectivity index (χ1n) is 11.7. The van der Waals surface area contributed by atoms with Crippen LogP contribution in [0.4, 0.5) is 10.3 Å². The standard InChI is InChI=1S/C28H23FN6O2/c1-2-34-27(37)23-10-6-7-11-24(23)30-28(34)32-31-25(36)17-14-20-18-35(22-8-4-3-5-9-22)33-26(20)19-12-15-21(29)16-13-19/h3-18H,2H2,1H3,(H,30,32)(H,31,36)/b17-14+. The lowest BCUT2D eigenvalue weighted by Crippen LogP contribution is -2.33. The number of para-hydroxylation sites is 2. The van der Waals surface area contributed by atoms with Gasteiger partial charge in [-0.05, 0) is 61.5 Å². The molecule has 9 heteroatoms. The van der Waals surface area contributed by atoms with Gasteiger partial charge in [-0.3, -0.25) is 25.0 Å². The van der Waals surface area contributed by atoms with E-state index in [1.165, 1.54) is 22.8 Å². The minimum atomic E-state index is -0.456.